The van der Waals surface area contributed by atoms with E-state index in [0.717, 1.165) is 11.3 Å². The number of hydrogen-bond donors (Lipinski definition) is 1. The van der Waals surface area contributed by atoms with E-state index in [9.17, 15) is 4.79 Å². The molecule has 1 amide bonds. The number of primary amides is 1. The zero-order chi connectivity index (χ0) is 19.8. The molecule has 4 heterocycles. The van der Waals surface area contributed by atoms with Crippen molar-refractivity contribution in [3.8, 4) is 17.2 Å². The van der Waals surface area contributed by atoms with E-state index >= 15 is 0 Å². The van der Waals surface area contributed by atoms with Gasteiger partial charge in [-0.15, -0.1) is 0 Å². The van der Waals surface area contributed by atoms with E-state index in [0.29, 0.717) is 43.6 Å². The molecule has 0 saturated carbocycles. The minimum absolute atomic E-state index is 0.221. The normalized spacial score (nSPS) is 14.4. The van der Waals surface area contributed by atoms with Gasteiger partial charge in [0.25, 0.3) is 5.91 Å². The van der Waals surface area contributed by atoms with Gasteiger partial charge in [0.05, 0.1) is 19.4 Å². The van der Waals surface area contributed by atoms with E-state index in [2.05, 4.69) is 19.9 Å². The zero-order valence-corrected chi connectivity index (χ0v) is 15.6. The second-order valence-electron chi connectivity index (χ2n) is 6.71. The Bertz CT molecular complexity index is 1180. The molecule has 0 aliphatic carbocycles. The SMILES string of the molecule is NC(=O)c1nc(-c2cn3ccnc3cn2)n(-c2ccccc2)c1N1CCOCC1. The Morgan fingerprint density at radius 3 is 2.66 bits per heavy atom. The molecule has 9 heteroatoms. The van der Waals surface area contributed by atoms with Gasteiger partial charge in [-0.2, -0.15) is 0 Å². The molecule has 1 fully saturated rings. The molecule has 0 radical (unpaired) electrons. The molecule has 1 saturated heterocycles. The molecule has 5 rings (SSSR count). The minimum Gasteiger partial charge on any atom is -0.378 e. The number of benzene rings is 1. The number of nitrogens with zero attached hydrogens (tertiary/aromatic N) is 6. The van der Waals surface area contributed by atoms with Gasteiger partial charge in [-0.3, -0.25) is 9.36 Å². The number of fused-ring (bicyclic) bond motifs is 1. The number of rotatable bonds is 4. The average molecular weight is 389 g/mol. The van der Waals surface area contributed by atoms with Crippen molar-refractivity contribution in [1.82, 2.24) is 23.9 Å². The molecule has 3 aromatic heterocycles. The second-order valence-corrected chi connectivity index (χ2v) is 6.71. The Hall–Kier alpha value is -3.72. The van der Waals surface area contributed by atoms with Crippen molar-refractivity contribution in [3.05, 3.63) is 60.8 Å². The molecule has 0 bridgehead atoms. The number of ether oxygens (including phenoxy) is 1. The van der Waals surface area contributed by atoms with Crippen molar-refractivity contribution in [2.75, 3.05) is 31.2 Å². The molecule has 0 atom stereocenters. The van der Waals surface area contributed by atoms with Gasteiger partial charge in [0.2, 0.25) is 0 Å². The standard InChI is InChI=1S/C20H19N7O2/c21-18(28)17-20(25-8-10-29-11-9-25)27(14-4-2-1-3-5-14)19(24-17)15-13-26-7-6-22-16(26)12-23-15/h1-7,12-13H,8-11H2,(H2,21,28). The molecule has 146 valence electrons. The molecule has 0 spiro atoms. The molecule has 1 aromatic carbocycles. The van der Waals surface area contributed by atoms with E-state index in [4.69, 9.17) is 10.5 Å². The fraction of sp³-hybridized carbons (Fsp3) is 0.200. The van der Waals surface area contributed by atoms with Crippen LogP contribution in [0.4, 0.5) is 5.82 Å². The van der Waals surface area contributed by atoms with Crippen LogP contribution in [-0.4, -0.2) is 56.1 Å². The number of hydrogen-bond acceptors (Lipinski definition) is 6. The fourth-order valence-electron chi connectivity index (χ4n) is 3.58. The van der Waals surface area contributed by atoms with Crippen molar-refractivity contribution < 1.29 is 9.53 Å². The number of para-hydroxylation sites is 1. The quantitative estimate of drug-likeness (QED) is 0.568. The Morgan fingerprint density at radius 2 is 1.90 bits per heavy atom. The molecular formula is C20H19N7O2. The summed E-state index contributed by atoms with van der Waals surface area (Å²) in [6.45, 7) is 2.44. The second kappa shape index (κ2) is 7.02. The monoisotopic (exact) mass is 389 g/mol. The highest BCUT2D eigenvalue weighted by molar-refractivity contribution is 5.97. The first-order chi connectivity index (χ1) is 14.2. The molecule has 4 aromatic rings. The molecular weight excluding hydrogens is 370 g/mol. The van der Waals surface area contributed by atoms with Crippen molar-refractivity contribution in [2.45, 2.75) is 0 Å². The topological polar surface area (TPSA) is 104 Å². The Kier molecular flexibility index (Phi) is 4.21. The number of amides is 1. The maximum atomic E-state index is 12.3. The lowest BCUT2D eigenvalue weighted by Crippen LogP contribution is -2.38. The molecule has 9 nitrogen and oxygen atoms in total. The number of carbonyl (C=O) groups excluding carboxylic acids is 1. The van der Waals surface area contributed by atoms with Gasteiger partial charge in [0, 0.05) is 37.4 Å². The third-order valence-corrected chi connectivity index (χ3v) is 4.92. The molecule has 2 N–H and O–H groups in total. The first-order valence-electron chi connectivity index (χ1n) is 9.32. The first-order valence-corrected chi connectivity index (χ1v) is 9.32. The van der Waals surface area contributed by atoms with Gasteiger partial charge in [-0.05, 0) is 12.1 Å². The van der Waals surface area contributed by atoms with Gasteiger partial charge in [0.1, 0.15) is 11.5 Å². The number of nitrogens with two attached hydrogens (primary N) is 1. The summed E-state index contributed by atoms with van der Waals surface area (Å²) in [5.74, 6) is 0.628. The van der Waals surface area contributed by atoms with E-state index in [-0.39, 0.29) is 5.69 Å². The van der Waals surface area contributed by atoms with Crippen LogP contribution in [0.3, 0.4) is 0 Å². The van der Waals surface area contributed by atoms with Crippen molar-refractivity contribution >= 4 is 17.4 Å². The maximum absolute atomic E-state index is 12.3. The third-order valence-electron chi connectivity index (χ3n) is 4.92. The molecule has 29 heavy (non-hydrogen) atoms. The summed E-state index contributed by atoms with van der Waals surface area (Å²) in [6.07, 6.45) is 7.07. The smallest absolute Gasteiger partial charge is 0.271 e. The third kappa shape index (κ3) is 3.01. The van der Waals surface area contributed by atoms with E-state index in [1.165, 1.54) is 0 Å². The number of aromatic nitrogens is 5. The average Bonchev–Trinajstić information content (AvgIpc) is 3.39. The summed E-state index contributed by atoms with van der Waals surface area (Å²) < 4.78 is 9.29. The van der Waals surface area contributed by atoms with Gasteiger partial charge in [-0.1, -0.05) is 18.2 Å². The first kappa shape index (κ1) is 17.4. The lowest BCUT2D eigenvalue weighted by atomic mass is 10.3. The molecule has 0 unspecified atom stereocenters. The summed E-state index contributed by atoms with van der Waals surface area (Å²) in [4.78, 5) is 27.8. The fourth-order valence-corrected chi connectivity index (χ4v) is 3.58. The van der Waals surface area contributed by atoms with Crippen LogP contribution in [0.1, 0.15) is 10.5 Å². The minimum atomic E-state index is -0.578. The Labute approximate surface area is 166 Å². The lowest BCUT2D eigenvalue weighted by molar-refractivity contribution is 0.0994. The number of anilines is 1. The predicted molar refractivity (Wildman–Crippen MR) is 107 cm³/mol. The van der Waals surface area contributed by atoms with Crippen LogP contribution >= 0.6 is 0 Å². The van der Waals surface area contributed by atoms with E-state index < -0.39 is 5.91 Å². The van der Waals surface area contributed by atoms with Gasteiger partial charge >= 0.3 is 0 Å². The highest BCUT2D eigenvalue weighted by atomic mass is 16.5. The Balaban J connectivity index is 1.78. The van der Waals surface area contributed by atoms with Crippen LogP contribution in [0.15, 0.2) is 55.1 Å². The molecule has 1 aliphatic heterocycles. The molecule has 1 aliphatic rings. The van der Waals surface area contributed by atoms with Crippen LogP contribution in [0.2, 0.25) is 0 Å². The number of morpholine rings is 1. The van der Waals surface area contributed by atoms with Crippen LogP contribution in [0.25, 0.3) is 22.9 Å². The largest absolute Gasteiger partial charge is 0.378 e. The van der Waals surface area contributed by atoms with Crippen LogP contribution in [-0.2, 0) is 4.74 Å². The van der Waals surface area contributed by atoms with Crippen molar-refractivity contribution in [1.29, 1.82) is 0 Å². The van der Waals surface area contributed by atoms with Gasteiger partial charge < -0.3 is 19.8 Å². The van der Waals surface area contributed by atoms with Crippen LogP contribution in [0, 0.1) is 0 Å². The van der Waals surface area contributed by atoms with Crippen molar-refractivity contribution in [2.24, 2.45) is 5.73 Å². The summed E-state index contributed by atoms with van der Waals surface area (Å²) in [5.41, 5.74) is 8.16. The summed E-state index contributed by atoms with van der Waals surface area (Å²) in [6, 6.07) is 9.77. The summed E-state index contributed by atoms with van der Waals surface area (Å²) >= 11 is 0. The predicted octanol–water partition coefficient (Wildman–Crippen LogP) is 1.52. The zero-order valence-electron chi connectivity index (χ0n) is 15.6. The van der Waals surface area contributed by atoms with Gasteiger partial charge in [0.15, 0.2) is 17.2 Å². The summed E-state index contributed by atoms with van der Waals surface area (Å²) in [5, 5.41) is 0. The highest BCUT2D eigenvalue weighted by Crippen LogP contribution is 2.32. The van der Waals surface area contributed by atoms with E-state index in [1.54, 1.807) is 12.4 Å². The Morgan fingerprint density at radius 1 is 1.10 bits per heavy atom. The number of carbonyl (C=O) groups is 1. The lowest BCUT2D eigenvalue weighted by Gasteiger charge is -2.30. The van der Waals surface area contributed by atoms with E-state index in [1.807, 2.05) is 51.7 Å². The number of imidazole rings is 2. The van der Waals surface area contributed by atoms with Crippen molar-refractivity contribution in [3.63, 3.8) is 0 Å². The van der Waals surface area contributed by atoms with Crippen LogP contribution < -0.4 is 10.6 Å². The van der Waals surface area contributed by atoms with Gasteiger partial charge in [-0.25, -0.2) is 15.0 Å². The summed E-state index contributed by atoms with van der Waals surface area (Å²) in [7, 11) is 0. The van der Waals surface area contributed by atoms with Crippen LogP contribution in [0.5, 0.6) is 0 Å². The maximum Gasteiger partial charge on any atom is 0.271 e. The highest BCUT2D eigenvalue weighted by Gasteiger charge is 2.28.